The molecule has 2 aliphatic carbocycles. The van der Waals surface area contributed by atoms with Crippen LogP contribution in [0.1, 0.15) is 33.1 Å². The number of carbonyl (C=O) groups excluding carboxylic acids is 2. The first-order valence-corrected chi connectivity index (χ1v) is 6.58. The third-order valence-corrected chi connectivity index (χ3v) is 4.19. The molecule has 2 fully saturated rings. The highest BCUT2D eigenvalue weighted by Gasteiger charge is 2.48. The first kappa shape index (κ1) is 12.4. The van der Waals surface area contributed by atoms with E-state index >= 15 is 0 Å². The highest BCUT2D eigenvalue weighted by Crippen LogP contribution is 2.54. The zero-order valence-electron chi connectivity index (χ0n) is 10.9. The molecule has 0 aliphatic heterocycles. The van der Waals surface area contributed by atoms with Gasteiger partial charge in [0, 0.05) is 19.5 Å². The molecule has 2 saturated carbocycles. The van der Waals surface area contributed by atoms with Crippen LogP contribution in [0.4, 0.5) is 0 Å². The van der Waals surface area contributed by atoms with Crippen molar-refractivity contribution in [2.24, 2.45) is 17.8 Å². The maximum atomic E-state index is 12.0. The second-order valence-electron chi connectivity index (χ2n) is 5.51. The summed E-state index contributed by atoms with van der Waals surface area (Å²) in [6, 6.07) is -0.399. The summed E-state index contributed by atoms with van der Waals surface area (Å²) in [6.45, 7) is 4.37. The molecule has 2 rings (SSSR count). The van der Waals surface area contributed by atoms with Crippen molar-refractivity contribution in [2.75, 3.05) is 13.6 Å². The number of amides is 2. The Bertz CT molecular complexity index is 319. The highest BCUT2D eigenvalue weighted by molar-refractivity contribution is 5.88. The van der Waals surface area contributed by atoms with Gasteiger partial charge in [0.2, 0.25) is 11.8 Å². The number of nitrogens with zero attached hydrogens (tertiary/aromatic N) is 1. The normalized spacial score (nSPS) is 31.6. The first-order chi connectivity index (χ1) is 8.02. The summed E-state index contributed by atoms with van der Waals surface area (Å²) in [6.07, 6.45) is 3.37. The topological polar surface area (TPSA) is 49.4 Å². The van der Waals surface area contributed by atoms with Gasteiger partial charge in [-0.3, -0.25) is 9.59 Å². The van der Waals surface area contributed by atoms with Crippen LogP contribution in [0.15, 0.2) is 0 Å². The van der Waals surface area contributed by atoms with Gasteiger partial charge >= 0.3 is 0 Å². The first-order valence-electron chi connectivity index (χ1n) is 6.58. The number of rotatable bonds is 4. The molecule has 0 spiro atoms. The van der Waals surface area contributed by atoms with Crippen LogP contribution in [-0.2, 0) is 9.59 Å². The summed E-state index contributed by atoms with van der Waals surface area (Å²) in [5.74, 6) is 1.82. The van der Waals surface area contributed by atoms with Crippen molar-refractivity contribution in [3.8, 4) is 0 Å². The summed E-state index contributed by atoms with van der Waals surface area (Å²) in [5, 5.41) is 2.85. The van der Waals surface area contributed by atoms with Gasteiger partial charge in [0.1, 0.15) is 6.04 Å². The molecular formula is C13H22N2O2. The fourth-order valence-electron chi connectivity index (χ4n) is 2.81. The van der Waals surface area contributed by atoms with Gasteiger partial charge in [-0.25, -0.2) is 0 Å². The summed E-state index contributed by atoms with van der Waals surface area (Å²) in [5.41, 5.74) is 0. The van der Waals surface area contributed by atoms with E-state index in [1.54, 1.807) is 18.9 Å². The molecular weight excluding hydrogens is 216 g/mol. The van der Waals surface area contributed by atoms with Crippen molar-refractivity contribution >= 4 is 11.8 Å². The molecule has 96 valence electrons. The number of hydrogen-bond acceptors (Lipinski definition) is 2. The monoisotopic (exact) mass is 238 g/mol. The number of fused-ring (bicyclic) bond motifs is 1. The van der Waals surface area contributed by atoms with E-state index in [4.69, 9.17) is 0 Å². The van der Waals surface area contributed by atoms with E-state index in [0.29, 0.717) is 6.54 Å². The van der Waals surface area contributed by atoms with Gasteiger partial charge in [-0.1, -0.05) is 0 Å². The average molecular weight is 238 g/mol. The van der Waals surface area contributed by atoms with Gasteiger partial charge in [0.25, 0.3) is 0 Å². The Balaban J connectivity index is 1.79. The van der Waals surface area contributed by atoms with Crippen molar-refractivity contribution in [1.29, 1.82) is 0 Å². The summed E-state index contributed by atoms with van der Waals surface area (Å²) in [4.78, 5) is 25.4. The second-order valence-corrected chi connectivity index (χ2v) is 5.51. The van der Waals surface area contributed by atoms with Gasteiger partial charge < -0.3 is 10.2 Å². The smallest absolute Gasteiger partial charge is 0.244 e. The van der Waals surface area contributed by atoms with Crippen molar-refractivity contribution in [1.82, 2.24) is 10.2 Å². The minimum Gasteiger partial charge on any atom is -0.344 e. The van der Waals surface area contributed by atoms with E-state index in [1.807, 2.05) is 6.92 Å². The van der Waals surface area contributed by atoms with E-state index in [9.17, 15) is 9.59 Å². The predicted molar refractivity (Wildman–Crippen MR) is 65.2 cm³/mol. The molecule has 4 heteroatoms. The summed E-state index contributed by atoms with van der Waals surface area (Å²) < 4.78 is 0. The van der Waals surface area contributed by atoms with Gasteiger partial charge in [-0.15, -0.1) is 0 Å². The Hall–Kier alpha value is -1.06. The van der Waals surface area contributed by atoms with Gasteiger partial charge in [-0.2, -0.15) is 0 Å². The molecule has 0 radical (unpaired) electrons. The maximum Gasteiger partial charge on any atom is 0.244 e. The van der Waals surface area contributed by atoms with Crippen LogP contribution in [0.2, 0.25) is 0 Å². The van der Waals surface area contributed by atoms with Crippen molar-refractivity contribution < 1.29 is 9.59 Å². The van der Waals surface area contributed by atoms with E-state index < -0.39 is 6.04 Å². The van der Waals surface area contributed by atoms with Crippen molar-refractivity contribution in [3.05, 3.63) is 0 Å². The Morgan fingerprint density at radius 3 is 2.41 bits per heavy atom. The quantitative estimate of drug-likeness (QED) is 0.795. The Labute approximate surface area is 103 Å². The fraction of sp³-hybridized carbons (Fsp3) is 0.846. The van der Waals surface area contributed by atoms with Crippen LogP contribution in [0.25, 0.3) is 0 Å². The SMILES string of the molecule is CCN(C)C(=O)C(C)NC(=O)C1CC2CC2C1. The lowest BCUT2D eigenvalue weighted by Gasteiger charge is -2.22. The minimum absolute atomic E-state index is 0.0102. The van der Waals surface area contributed by atoms with Crippen molar-refractivity contribution in [3.63, 3.8) is 0 Å². The Morgan fingerprint density at radius 2 is 1.88 bits per heavy atom. The lowest BCUT2D eigenvalue weighted by atomic mass is 10.0. The zero-order chi connectivity index (χ0) is 12.6. The standard InChI is InChI=1S/C13H22N2O2/c1-4-15(3)13(17)8(2)14-12(16)11-6-9-5-10(9)7-11/h8-11H,4-7H2,1-3H3,(H,14,16). The molecule has 3 atom stereocenters. The largest absolute Gasteiger partial charge is 0.344 e. The van der Waals surface area contributed by atoms with Gasteiger partial charge in [0.05, 0.1) is 0 Å². The molecule has 0 bridgehead atoms. The number of carbonyl (C=O) groups is 2. The molecule has 0 saturated heterocycles. The summed E-state index contributed by atoms with van der Waals surface area (Å²) >= 11 is 0. The third-order valence-electron chi connectivity index (χ3n) is 4.19. The van der Waals surface area contributed by atoms with Crippen LogP contribution in [0.5, 0.6) is 0 Å². The maximum absolute atomic E-state index is 12.0. The third kappa shape index (κ3) is 2.61. The Kier molecular flexibility index (Phi) is 3.40. The number of nitrogens with one attached hydrogen (secondary N) is 1. The number of likely N-dealkylation sites (N-methyl/N-ethyl adjacent to an activating group) is 1. The zero-order valence-corrected chi connectivity index (χ0v) is 10.9. The molecule has 0 aromatic heterocycles. The van der Waals surface area contributed by atoms with E-state index in [1.165, 1.54) is 6.42 Å². The lowest BCUT2D eigenvalue weighted by molar-refractivity contribution is -0.135. The molecule has 0 aromatic carbocycles. The van der Waals surface area contributed by atoms with Crippen LogP contribution >= 0.6 is 0 Å². The van der Waals surface area contributed by atoms with Crippen LogP contribution in [0.3, 0.4) is 0 Å². The van der Waals surface area contributed by atoms with Crippen LogP contribution in [-0.4, -0.2) is 36.3 Å². The van der Waals surface area contributed by atoms with Crippen molar-refractivity contribution in [2.45, 2.75) is 39.2 Å². The van der Waals surface area contributed by atoms with Crippen LogP contribution in [0, 0.1) is 17.8 Å². The second kappa shape index (κ2) is 4.67. The van der Waals surface area contributed by atoms with Gasteiger partial charge in [0.15, 0.2) is 0 Å². The average Bonchev–Trinajstić information content (AvgIpc) is 2.93. The van der Waals surface area contributed by atoms with E-state index in [2.05, 4.69) is 5.32 Å². The predicted octanol–water partition coefficient (Wildman–Crippen LogP) is 1.02. The van der Waals surface area contributed by atoms with E-state index in [-0.39, 0.29) is 17.7 Å². The molecule has 1 N–H and O–H groups in total. The summed E-state index contributed by atoms with van der Waals surface area (Å²) in [7, 11) is 1.76. The lowest BCUT2D eigenvalue weighted by Crippen LogP contribution is -2.47. The molecule has 0 heterocycles. The molecule has 4 nitrogen and oxygen atoms in total. The van der Waals surface area contributed by atoms with E-state index in [0.717, 1.165) is 24.7 Å². The fourth-order valence-corrected chi connectivity index (χ4v) is 2.81. The minimum atomic E-state index is -0.399. The molecule has 17 heavy (non-hydrogen) atoms. The van der Waals surface area contributed by atoms with Crippen LogP contribution < -0.4 is 5.32 Å². The molecule has 2 aliphatic rings. The molecule has 2 amide bonds. The highest BCUT2D eigenvalue weighted by atomic mass is 16.2. The van der Waals surface area contributed by atoms with Gasteiger partial charge in [-0.05, 0) is 44.9 Å². The Morgan fingerprint density at radius 1 is 1.29 bits per heavy atom. The number of hydrogen-bond donors (Lipinski definition) is 1. The molecule has 3 unspecified atom stereocenters. The molecule has 0 aromatic rings.